The van der Waals surface area contributed by atoms with Crippen LogP contribution in [0.25, 0.3) is 0 Å². The molecule has 6 rings (SSSR count). The molecular weight excluding hydrogens is 432 g/mol. The molecule has 5 saturated carbocycles. The fraction of sp³-hybridized carbons (Fsp3) is 0.969. The maximum atomic E-state index is 12.3. The van der Waals surface area contributed by atoms with Crippen molar-refractivity contribution in [2.45, 2.75) is 132 Å². The summed E-state index contributed by atoms with van der Waals surface area (Å²) in [4.78, 5) is 12.3. The van der Waals surface area contributed by atoms with E-state index in [9.17, 15) is 4.79 Å². The van der Waals surface area contributed by atoms with E-state index < -0.39 is 0 Å². The van der Waals surface area contributed by atoms with E-state index in [1.165, 1.54) is 57.8 Å². The highest BCUT2D eigenvalue weighted by Crippen LogP contribution is 2.78. The van der Waals surface area contributed by atoms with Crippen LogP contribution in [-0.2, 0) is 14.3 Å². The minimum absolute atomic E-state index is 0.0743. The van der Waals surface area contributed by atoms with Crippen LogP contribution in [0.1, 0.15) is 120 Å². The molecule has 198 valence electrons. The van der Waals surface area contributed by atoms with Crippen LogP contribution in [0.3, 0.4) is 0 Å². The molecular formula is C32H52O3. The first-order valence-electron chi connectivity index (χ1n) is 15.0. The molecule has 6 aliphatic rings. The molecule has 6 fully saturated rings. The van der Waals surface area contributed by atoms with Gasteiger partial charge >= 0.3 is 5.97 Å². The van der Waals surface area contributed by atoms with Crippen molar-refractivity contribution in [1.82, 2.24) is 0 Å². The van der Waals surface area contributed by atoms with E-state index in [1.54, 1.807) is 6.92 Å². The largest absolute Gasteiger partial charge is 0.462 e. The van der Waals surface area contributed by atoms with E-state index in [0.29, 0.717) is 45.0 Å². The number of hydrogen-bond donors (Lipinski definition) is 0. The van der Waals surface area contributed by atoms with Gasteiger partial charge < -0.3 is 9.47 Å². The molecule has 0 aromatic heterocycles. The second-order valence-electron chi connectivity index (χ2n) is 16.3. The standard InChI is InChI=1S/C32H52O3/c1-20(33)35-24-12-13-27(2,3)22-11-14-30(7)23(31(22,24)8)10-9-21-25-26-28(4,5)15-17-32(25,19-34-26)18-16-29(21,30)6/h21-26H,9-19H2,1-8H3/t21-,22+,23+,24-,25+,26-,29-,30-,31+,32-/m1/s1. The molecule has 10 atom stereocenters. The summed E-state index contributed by atoms with van der Waals surface area (Å²) >= 11 is 0. The average molecular weight is 485 g/mol. The number of rotatable bonds is 1. The quantitative estimate of drug-likeness (QED) is 0.356. The zero-order valence-electron chi connectivity index (χ0n) is 24.0. The van der Waals surface area contributed by atoms with Crippen LogP contribution >= 0.6 is 0 Å². The normalized spacial score (nSPS) is 55.7. The van der Waals surface area contributed by atoms with Crippen LogP contribution in [0.15, 0.2) is 0 Å². The number of hydrogen-bond acceptors (Lipinski definition) is 3. The fourth-order valence-corrected chi connectivity index (χ4v) is 12.3. The number of ether oxygens (including phenoxy) is 2. The Labute approximate surface area is 214 Å². The second-order valence-corrected chi connectivity index (χ2v) is 16.3. The van der Waals surface area contributed by atoms with Gasteiger partial charge in [0.25, 0.3) is 0 Å². The van der Waals surface area contributed by atoms with Crippen molar-refractivity contribution >= 4 is 5.97 Å². The van der Waals surface area contributed by atoms with Gasteiger partial charge in [-0.25, -0.2) is 0 Å². The molecule has 1 saturated heterocycles. The van der Waals surface area contributed by atoms with E-state index in [2.05, 4.69) is 48.5 Å². The summed E-state index contributed by atoms with van der Waals surface area (Å²) < 4.78 is 12.9. The molecule has 0 aromatic carbocycles. The maximum Gasteiger partial charge on any atom is 0.302 e. The highest BCUT2D eigenvalue weighted by molar-refractivity contribution is 5.66. The third-order valence-electron chi connectivity index (χ3n) is 14.3. The number of carbonyl (C=O) groups excluding carboxylic acids is 1. The molecule has 3 heteroatoms. The summed E-state index contributed by atoms with van der Waals surface area (Å²) in [6.45, 7) is 20.5. The van der Waals surface area contributed by atoms with E-state index in [1.807, 2.05) is 0 Å². The first-order chi connectivity index (χ1) is 16.2. The Morgan fingerprint density at radius 2 is 1.46 bits per heavy atom. The van der Waals surface area contributed by atoms with Gasteiger partial charge in [0.2, 0.25) is 0 Å². The van der Waals surface area contributed by atoms with Crippen LogP contribution < -0.4 is 0 Å². The van der Waals surface area contributed by atoms with Gasteiger partial charge in [-0.1, -0.05) is 48.5 Å². The minimum atomic E-state index is -0.0837. The van der Waals surface area contributed by atoms with Gasteiger partial charge in [-0.05, 0) is 115 Å². The first kappa shape index (κ1) is 24.7. The van der Waals surface area contributed by atoms with Gasteiger partial charge in [0.05, 0.1) is 12.7 Å². The molecule has 3 nitrogen and oxygen atoms in total. The van der Waals surface area contributed by atoms with E-state index in [-0.39, 0.29) is 17.5 Å². The Morgan fingerprint density at radius 1 is 0.743 bits per heavy atom. The van der Waals surface area contributed by atoms with Gasteiger partial charge in [-0.15, -0.1) is 0 Å². The lowest BCUT2D eigenvalue weighted by molar-refractivity contribution is -0.267. The molecule has 1 heterocycles. The second kappa shape index (κ2) is 7.29. The van der Waals surface area contributed by atoms with Crippen LogP contribution in [0.2, 0.25) is 0 Å². The molecule has 0 radical (unpaired) electrons. The van der Waals surface area contributed by atoms with Crippen LogP contribution in [-0.4, -0.2) is 24.8 Å². The van der Waals surface area contributed by atoms with E-state index in [4.69, 9.17) is 9.47 Å². The lowest BCUT2D eigenvalue weighted by Gasteiger charge is -2.73. The van der Waals surface area contributed by atoms with Gasteiger partial charge in [0, 0.05) is 12.3 Å². The lowest BCUT2D eigenvalue weighted by atomic mass is 9.31. The number of fused-ring (bicyclic) bond motifs is 5. The molecule has 5 aliphatic carbocycles. The van der Waals surface area contributed by atoms with Crippen LogP contribution in [0, 0.1) is 56.2 Å². The summed E-state index contributed by atoms with van der Waals surface area (Å²) in [5.74, 6) is 2.69. The molecule has 35 heavy (non-hydrogen) atoms. The van der Waals surface area contributed by atoms with Crippen molar-refractivity contribution < 1.29 is 14.3 Å². The summed E-state index contributed by atoms with van der Waals surface area (Å²) in [5, 5.41) is 0. The van der Waals surface area contributed by atoms with Crippen molar-refractivity contribution in [3.05, 3.63) is 0 Å². The minimum Gasteiger partial charge on any atom is -0.462 e. The molecule has 2 bridgehead atoms. The average Bonchev–Trinajstić information content (AvgIpc) is 3.10. The Morgan fingerprint density at radius 3 is 2.17 bits per heavy atom. The summed E-state index contributed by atoms with van der Waals surface area (Å²) in [5.41, 5.74) is 1.79. The Bertz CT molecular complexity index is 906. The summed E-state index contributed by atoms with van der Waals surface area (Å²) in [6, 6.07) is 0. The third-order valence-corrected chi connectivity index (χ3v) is 14.3. The molecule has 0 spiro atoms. The zero-order chi connectivity index (χ0) is 25.2. The van der Waals surface area contributed by atoms with Gasteiger partial charge in [-0.2, -0.15) is 0 Å². The fourth-order valence-electron chi connectivity index (χ4n) is 12.3. The predicted molar refractivity (Wildman–Crippen MR) is 140 cm³/mol. The predicted octanol–water partition coefficient (Wildman–Crippen LogP) is 7.81. The van der Waals surface area contributed by atoms with Gasteiger partial charge in [0.15, 0.2) is 0 Å². The maximum absolute atomic E-state index is 12.3. The Balaban J connectivity index is 1.41. The van der Waals surface area contributed by atoms with Crippen LogP contribution in [0.5, 0.6) is 0 Å². The highest BCUT2D eigenvalue weighted by atomic mass is 16.5. The molecule has 0 amide bonds. The SMILES string of the molecule is CC(=O)O[C@@H]1CCC(C)(C)[C@@H]2CC[C@]3(C)[C@H](CC[C@@H]4[C@H]5[C@H]6OC[C@@]5(CCC6(C)C)CC[C@]43C)[C@@]12C. The topological polar surface area (TPSA) is 35.5 Å². The monoisotopic (exact) mass is 484 g/mol. The molecule has 0 aromatic rings. The first-order valence-corrected chi connectivity index (χ1v) is 15.0. The van der Waals surface area contributed by atoms with Gasteiger partial charge in [0.1, 0.15) is 6.10 Å². The van der Waals surface area contributed by atoms with Gasteiger partial charge in [-0.3, -0.25) is 4.79 Å². The number of carbonyl (C=O) groups is 1. The summed E-state index contributed by atoms with van der Waals surface area (Å²) in [6.07, 6.45) is 13.4. The van der Waals surface area contributed by atoms with Crippen molar-refractivity contribution in [3.8, 4) is 0 Å². The number of esters is 1. The highest BCUT2D eigenvalue weighted by Gasteiger charge is 2.73. The molecule has 0 N–H and O–H groups in total. The van der Waals surface area contributed by atoms with Crippen molar-refractivity contribution in [2.75, 3.05) is 6.61 Å². The Kier molecular flexibility index (Phi) is 5.16. The Hall–Kier alpha value is -0.570. The molecule has 1 aliphatic heterocycles. The van der Waals surface area contributed by atoms with Crippen molar-refractivity contribution in [1.29, 1.82) is 0 Å². The summed E-state index contributed by atoms with van der Waals surface area (Å²) in [7, 11) is 0. The smallest absolute Gasteiger partial charge is 0.302 e. The third kappa shape index (κ3) is 2.97. The zero-order valence-corrected chi connectivity index (χ0v) is 24.0. The van der Waals surface area contributed by atoms with Crippen molar-refractivity contribution in [2.24, 2.45) is 56.2 Å². The lowest BCUT2D eigenvalue weighted by Crippen LogP contribution is -2.69. The van der Waals surface area contributed by atoms with Crippen molar-refractivity contribution in [3.63, 3.8) is 0 Å². The van der Waals surface area contributed by atoms with E-state index >= 15 is 0 Å². The van der Waals surface area contributed by atoms with Crippen LogP contribution in [0.4, 0.5) is 0 Å². The molecule has 0 unspecified atom stereocenters. The van der Waals surface area contributed by atoms with E-state index in [0.717, 1.165) is 24.9 Å².